The Bertz CT molecular complexity index is 951. The number of hydrogen-bond donors (Lipinski definition) is 2. The van der Waals surface area contributed by atoms with Gasteiger partial charge in [0.05, 0.1) is 18.1 Å². The third-order valence-electron chi connectivity index (χ3n) is 4.71. The van der Waals surface area contributed by atoms with Gasteiger partial charge in [-0.3, -0.25) is 4.79 Å². The lowest BCUT2D eigenvalue weighted by Gasteiger charge is -2.22. The van der Waals surface area contributed by atoms with Crippen molar-refractivity contribution >= 4 is 34.4 Å². The number of nitrogens with one attached hydrogen (secondary N) is 2. The van der Waals surface area contributed by atoms with E-state index < -0.39 is 0 Å². The first kappa shape index (κ1) is 18.3. The maximum Gasteiger partial charge on any atom is 0.407 e. The van der Waals surface area contributed by atoms with Crippen molar-refractivity contribution in [3.05, 3.63) is 46.2 Å². The molecule has 0 bridgehead atoms. The number of ether oxygens (including phenoxy) is 1. The number of carbonyl (C=O) groups excluding carboxylic acids is 2. The summed E-state index contributed by atoms with van der Waals surface area (Å²) in [4.78, 5) is 25.0. The van der Waals surface area contributed by atoms with Crippen molar-refractivity contribution in [2.75, 3.05) is 5.32 Å². The molecule has 0 radical (unpaired) electrons. The predicted molar refractivity (Wildman–Crippen MR) is 104 cm³/mol. The van der Waals surface area contributed by atoms with Crippen molar-refractivity contribution < 1.29 is 18.7 Å². The molecule has 0 saturated heterocycles. The van der Waals surface area contributed by atoms with Crippen molar-refractivity contribution in [3.63, 3.8) is 0 Å². The highest BCUT2D eigenvalue weighted by molar-refractivity contribution is 7.16. The van der Waals surface area contributed by atoms with E-state index in [4.69, 9.17) is 9.15 Å². The molecule has 1 fully saturated rings. The minimum atomic E-state index is -0.370. The molecule has 2 amide bonds. The zero-order chi connectivity index (χ0) is 19.5. The molecule has 8 heteroatoms. The van der Waals surface area contributed by atoms with E-state index in [1.54, 1.807) is 12.1 Å². The molecule has 0 aliphatic heterocycles. The molecule has 0 aromatic carbocycles. The van der Waals surface area contributed by atoms with E-state index in [9.17, 15) is 14.9 Å². The highest BCUT2D eigenvalue weighted by atomic mass is 32.1. The summed E-state index contributed by atoms with van der Waals surface area (Å²) >= 11 is 1.38. The molecule has 144 valence electrons. The Kier molecular flexibility index (Phi) is 5.17. The number of hydrogen-bond acceptors (Lipinski definition) is 6. The second-order valence-electron chi connectivity index (χ2n) is 6.89. The average molecular weight is 397 g/mol. The van der Waals surface area contributed by atoms with E-state index in [1.807, 2.05) is 0 Å². The molecule has 2 aliphatic carbocycles. The zero-order valence-electron chi connectivity index (χ0n) is 15.1. The standard InChI is InChI=1S/C20H19N3O4S/c21-10-16-15-5-4-14(27-20(25)22-13-2-3-13)9-17(15)28-19(16)23-18(24)6-1-12-7-8-26-11-12/h1,6-8,11,13-14H,2-5,9H2,(H,22,25)(H,23,24). The predicted octanol–water partition coefficient (Wildman–Crippen LogP) is 3.61. The average Bonchev–Trinajstić information content (AvgIpc) is 3.19. The van der Waals surface area contributed by atoms with Gasteiger partial charge in [0.25, 0.3) is 0 Å². The van der Waals surface area contributed by atoms with Crippen molar-refractivity contribution in [2.24, 2.45) is 0 Å². The summed E-state index contributed by atoms with van der Waals surface area (Å²) in [7, 11) is 0. The highest BCUT2D eigenvalue weighted by Crippen LogP contribution is 2.38. The highest BCUT2D eigenvalue weighted by Gasteiger charge is 2.30. The summed E-state index contributed by atoms with van der Waals surface area (Å²) < 4.78 is 10.5. The van der Waals surface area contributed by atoms with Crippen LogP contribution in [0.3, 0.4) is 0 Å². The van der Waals surface area contributed by atoms with Crippen LogP contribution in [0.15, 0.2) is 29.1 Å². The minimum Gasteiger partial charge on any atom is -0.472 e. The lowest BCUT2D eigenvalue weighted by atomic mass is 9.94. The van der Waals surface area contributed by atoms with Gasteiger partial charge in [-0.15, -0.1) is 11.3 Å². The largest absolute Gasteiger partial charge is 0.472 e. The molecule has 1 atom stereocenters. The van der Waals surface area contributed by atoms with E-state index in [0.29, 0.717) is 29.8 Å². The molecule has 4 rings (SSSR count). The Hall–Kier alpha value is -3.05. The number of anilines is 1. The summed E-state index contributed by atoms with van der Waals surface area (Å²) in [5, 5.41) is 15.7. The first-order valence-corrected chi connectivity index (χ1v) is 9.97. The van der Waals surface area contributed by atoms with Gasteiger partial charge in [-0.25, -0.2) is 4.79 Å². The molecule has 0 spiro atoms. The van der Waals surface area contributed by atoms with Gasteiger partial charge in [-0.05, 0) is 43.4 Å². The first-order valence-electron chi connectivity index (χ1n) is 9.15. The quantitative estimate of drug-likeness (QED) is 0.750. The van der Waals surface area contributed by atoms with Crippen LogP contribution in [0.2, 0.25) is 0 Å². The monoisotopic (exact) mass is 397 g/mol. The van der Waals surface area contributed by atoms with Crippen LogP contribution in [0, 0.1) is 11.3 Å². The number of fused-ring (bicyclic) bond motifs is 1. The number of alkyl carbamates (subject to hydrolysis) is 1. The topological polar surface area (TPSA) is 104 Å². The number of nitrogens with zero attached hydrogens (tertiary/aromatic N) is 1. The first-order chi connectivity index (χ1) is 13.6. The van der Waals surface area contributed by atoms with Crippen molar-refractivity contribution in [1.29, 1.82) is 5.26 Å². The number of rotatable bonds is 5. The van der Waals surface area contributed by atoms with Gasteiger partial charge in [0.1, 0.15) is 17.2 Å². The molecule has 2 aromatic rings. The van der Waals surface area contributed by atoms with Crippen LogP contribution in [0.1, 0.15) is 40.8 Å². The van der Waals surface area contributed by atoms with E-state index in [0.717, 1.165) is 28.8 Å². The zero-order valence-corrected chi connectivity index (χ0v) is 15.9. The molecule has 7 nitrogen and oxygen atoms in total. The fourth-order valence-corrected chi connectivity index (χ4v) is 4.40. The van der Waals surface area contributed by atoms with Crippen molar-refractivity contribution in [1.82, 2.24) is 5.32 Å². The van der Waals surface area contributed by atoms with Crippen LogP contribution < -0.4 is 10.6 Å². The number of nitriles is 1. The maximum absolute atomic E-state index is 12.2. The van der Waals surface area contributed by atoms with Crippen LogP contribution in [-0.2, 0) is 22.4 Å². The molecule has 2 N–H and O–H groups in total. The number of amides is 2. The minimum absolute atomic E-state index is 0.207. The summed E-state index contributed by atoms with van der Waals surface area (Å²) in [6.07, 6.45) is 9.44. The van der Waals surface area contributed by atoms with Gasteiger partial charge in [0.15, 0.2) is 0 Å². The van der Waals surface area contributed by atoms with Gasteiger partial charge in [0, 0.05) is 29.0 Å². The second kappa shape index (κ2) is 7.90. The Morgan fingerprint density at radius 3 is 2.93 bits per heavy atom. The lowest BCUT2D eigenvalue weighted by molar-refractivity contribution is -0.111. The van der Waals surface area contributed by atoms with Crippen molar-refractivity contribution in [3.8, 4) is 6.07 Å². The third kappa shape index (κ3) is 4.26. The Labute approximate surface area is 166 Å². The molecule has 2 aliphatic rings. The van der Waals surface area contributed by atoms with Gasteiger partial charge < -0.3 is 19.8 Å². The normalized spacial score (nSPS) is 18.3. The number of carbonyl (C=O) groups is 2. The lowest BCUT2D eigenvalue weighted by Crippen LogP contribution is -2.32. The van der Waals surface area contributed by atoms with Gasteiger partial charge in [-0.1, -0.05) is 0 Å². The van der Waals surface area contributed by atoms with Gasteiger partial charge in [0.2, 0.25) is 5.91 Å². The summed E-state index contributed by atoms with van der Waals surface area (Å²) in [6, 6.07) is 4.21. The summed E-state index contributed by atoms with van der Waals surface area (Å²) in [6.45, 7) is 0. The van der Waals surface area contributed by atoms with Crippen LogP contribution in [0.5, 0.6) is 0 Å². The molecule has 1 saturated carbocycles. The van der Waals surface area contributed by atoms with E-state index in [1.165, 1.54) is 29.9 Å². The molecule has 28 heavy (non-hydrogen) atoms. The Morgan fingerprint density at radius 2 is 2.21 bits per heavy atom. The summed E-state index contributed by atoms with van der Waals surface area (Å²) in [5.41, 5.74) is 2.24. The summed E-state index contributed by atoms with van der Waals surface area (Å²) in [5.74, 6) is -0.312. The van der Waals surface area contributed by atoms with Gasteiger partial charge >= 0.3 is 6.09 Å². The fraction of sp³-hybridized carbons (Fsp3) is 0.350. The van der Waals surface area contributed by atoms with E-state index in [-0.39, 0.29) is 24.1 Å². The van der Waals surface area contributed by atoms with Crippen LogP contribution in [0.25, 0.3) is 6.08 Å². The Morgan fingerprint density at radius 1 is 1.36 bits per heavy atom. The van der Waals surface area contributed by atoms with E-state index >= 15 is 0 Å². The second-order valence-corrected chi connectivity index (χ2v) is 7.99. The van der Waals surface area contributed by atoms with E-state index in [2.05, 4.69) is 16.7 Å². The third-order valence-corrected chi connectivity index (χ3v) is 5.88. The number of thiophene rings is 1. The smallest absolute Gasteiger partial charge is 0.407 e. The van der Waals surface area contributed by atoms with Crippen LogP contribution in [0.4, 0.5) is 9.80 Å². The maximum atomic E-state index is 12.2. The molecular weight excluding hydrogens is 378 g/mol. The fourth-order valence-electron chi connectivity index (χ4n) is 3.14. The van der Waals surface area contributed by atoms with Crippen molar-refractivity contribution in [2.45, 2.75) is 44.2 Å². The molecule has 2 heterocycles. The number of furan rings is 1. The van der Waals surface area contributed by atoms with Gasteiger partial charge in [-0.2, -0.15) is 5.26 Å². The molecule has 1 unspecified atom stereocenters. The Balaban J connectivity index is 1.42. The van der Waals surface area contributed by atoms with Crippen LogP contribution in [-0.4, -0.2) is 24.1 Å². The molecule has 2 aromatic heterocycles. The van der Waals surface area contributed by atoms with Crippen LogP contribution >= 0.6 is 11.3 Å². The SMILES string of the molecule is N#Cc1c(NC(=O)C=Cc2ccoc2)sc2c1CCC(OC(=O)NC1CC1)C2. The molecular formula is C20H19N3O4S.